The number of alkyl halides is 1. The van der Waals surface area contributed by atoms with E-state index >= 15 is 0 Å². The molecule has 1 aromatic carbocycles. The van der Waals surface area contributed by atoms with E-state index < -0.39 is 0 Å². The monoisotopic (exact) mass is 337 g/mol. The molecule has 1 amide bonds. The molecule has 1 aliphatic carbocycles. The van der Waals surface area contributed by atoms with Crippen LogP contribution in [0.3, 0.4) is 0 Å². The van der Waals surface area contributed by atoms with Crippen molar-refractivity contribution in [2.45, 2.75) is 57.4 Å². The number of hydrogen-bond donors (Lipinski definition) is 1. The maximum Gasteiger partial charge on any atom is 0.227 e. The van der Waals surface area contributed by atoms with Gasteiger partial charge in [-0.05, 0) is 50.2 Å². The van der Waals surface area contributed by atoms with Crippen molar-refractivity contribution in [3.05, 3.63) is 35.4 Å². The number of rotatable bonds is 5. The molecule has 1 N–H and O–H groups in total. The molecule has 2 rings (SSSR count). The molecule has 0 saturated carbocycles. The van der Waals surface area contributed by atoms with Gasteiger partial charge in [-0.25, -0.2) is 0 Å². The summed E-state index contributed by atoms with van der Waals surface area (Å²) in [5.74, 6) is 0.226. The first-order valence-electron chi connectivity index (χ1n) is 7.55. The highest BCUT2D eigenvalue weighted by molar-refractivity contribution is 9.09. The Morgan fingerprint density at radius 3 is 2.90 bits per heavy atom. The minimum atomic E-state index is -0.104. The van der Waals surface area contributed by atoms with Gasteiger partial charge in [-0.3, -0.25) is 4.79 Å². The Morgan fingerprint density at radius 1 is 1.45 bits per heavy atom. The third-order valence-corrected chi connectivity index (χ3v) is 4.93. The lowest BCUT2D eigenvalue weighted by Crippen LogP contribution is -2.48. The van der Waals surface area contributed by atoms with E-state index in [1.165, 1.54) is 11.1 Å². The molecule has 0 heterocycles. The SMILES string of the molecule is CCC(C)(CCBr)NC(=O)C1CCCc2ccccc21. The predicted molar refractivity (Wildman–Crippen MR) is 87.4 cm³/mol. The molecule has 0 radical (unpaired) electrons. The van der Waals surface area contributed by atoms with E-state index in [-0.39, 0.29) is 17.4 Å². The maximum absolute atomic E-state index is 12.7. The summed E-state index contributed by atoms with van der Waals surface area (Å²) < 4.78 is 0. The highest BCUT2D eigenvalue weighted by Gasteiger charge is 2.31. The molecule has 2 unspecified atom stereocenters. The largest absolute Gasteiger partial charge is 0.350 e. The molecular weight excluding hydrogens is 314 g/mol. The van der Waals surface area contributed by atoms with Gasteiger partial charge in [0.25, 0.3) is 0 Å². The summed E-state index contributed by atoms with van der Waals surface area (Å²) in [5, 5.41) is 4.20. The van der Waals surface area contributed by atoms with Crippen LogP contribution in [-0.2, 0) is 11.2 Å². The fourth-order valence-electron chi connectivity index (χ4n) is 2.95. The van der Waals surface area contributed by atoms with Gasteiger partial charge < -0.3 is 5.32 Å². The number of carbonyl (C=O) groups excluding carboxylic acids is 1. The molecule has 0 fully saturated rings. The van der Waals surface area contributed by atoms with Crippen LogP contribution >= 0.6 is 15.9 Å². The van der Waals surface area contributed by atoms with Gasteiger partial charge in [-0.1, -0.05) is 47.1 Å². The highest BCUT2D eigenvalue weighted by Crippen LogP contribution is 2.32. The molecule has 1 aromatic rings. The van der Waals surface area contributed by atoms with Crippen LogP contribution in [0.1, 0.15) is 56.6 Å². The van der Waals surface area contributed by atoms with Crippen LogP contribution in [0.15, 0.2) is 24.3 Å². The number of fused-ring (bicyclic) bond motifs is 1. The molecule has 0 aliphatic heterocycles. The van der Waals surface area contributed by atoms with Crippen molar-refractivity contribution in [2.75, 3.05) is 5.33 Å². The first-order valence-corrected chi connectivity index (χ1v) is 8.67. The third kappa shape index (κ3) is 3.43. The first kappa shape index (κ1) is 15.6. The van der Waals surface area contributed by atoms with Gasteiger partial charge in [0.1, 0.15) is 0 Å². The zero-order valence-electron chi connectivity index (χ0n) is 12.4. The third-order valence-electron chi connectivity index (χ3n) is 4.54. The second-order valence-corrected chi connectivity index (χ2v) is 6.78. The van der Waals surface area contributed by atoms with Crippen LogP contribution < -0.4 is 5.32 Å². The van der Waals surface area contributed by atoms with Gasteiger partial charge in [0.15, 0.2) is 0 Å². The second kappa shape index (κ2) is 6.75. The standard InChI is InChI=1S/C17H24BrNO/c1-3-17(2,11-12-18)19-16(20)15-10-6-8-13-7-4-5-9-14(13)15/h4-5,7,9,15H,3,6,8,10-12H2,1-2H3,(H,19,20). The molecule has 0 spiro atoms. The first-order chi connectivity index (χ1) is 9.59. The summed E-state index contributed by atoms with van der Waals surface area (Å²) in [7, 11) is 0. The average Bonchev–Trinajstić information content (AvgIpc) is 2.46. The molecule has 0 saturated heterocycles. The lowest BCUT2D eigenvalue weighted by molar-refractivity contribution is -0.124. The lowest BCUT2D eigenvalue weighted by atomic mass is 9.81. The zero-order valence-corrected chi connectivity index (χ0v) is 14.0. The van der Waals surface area contributed by atoms with Gasteiger partial charge in [-0.15, -0.1) is 0 Å². The highest BCUT2D eigenvalue weighted by atomic mass is 79.9. The van der Waals surface area contributed by atoms with Crippen molar-refractivity contribution >= 4 is 21.8 Å². The Bertz CT molecular complexity index is 474. The van der Waals surface area contributed by atoms with E-state index in [1.807, 2.05) is 6.07 Å². The van der Waals surface area contributed by atoms with Crippen molar-refractivity contribution in [3.63, 3.8) is 0 Å². The van der Waals surface area contributed by atoms with Gasteiger partial charge in [-0.2, -0.15) is 0 Å². The van der Waals surface area contributed by atoms with Gasteiger partial charge >= 0.3 is 0 Å². The van der Waals surface area contributed by atoms with E-state index in [2.05, 4.69) is 53.3 Å². The van der Waals surface area contributed by atoms with Gasteiger partial charge in [0.05, 0.1) is 5.92 Å². The zero-order chi connectivity index (χ0) is 14.6. The number of benzene rings is 1. The summed E-state index contributed by atoms with van der Waals surface area (Å²) in [6.45, 7) is 4.28. The van der Waals surface area contributed by atoms with Crippen molar-refractivity contribution in [1.29, 1.82) is 0 Å². The van der Waals surface area contributed by atoms with Crippen molar-refractivity contribution in [2.24, 2.45) is 0 Å². The van der Waals surface area contributed by atoms with E-state index in [9.17, 15) is 4.79 Å². The van der Waals surface area contributed by atoms with E-state index in [1.54, 1.807) is 0 Å². The lowest BCUT2D eigenvalue weighted by Gasteiger charge is -2.33. The Hall–Kier alpha value is -0.830. The number of nitrogens with one attached hydrogen (secondary N) is 1. The minimum Gasteiger partial charge on any atom is -0.350 e. The maximum atomic E-state index is 12.7. The number of halogens is 1. The van der Waals surface area contributed by atoms with Gasteiger partial charge in [0, 0.05) is 10.9 Å². The quantitative estimate of drug-likeness (QED) is 0.802. The fourth-order valence-corrected chi connectivity index (χ4v) is 3.82. The molecule has 1 aliphatic rings. The molecule has 20 heavy (non-hydrogen) atoms. The van der Waals surface area contributed by atoms with Crippen molar-refractivity contribution in [3.8, 4) is 0 Å². The van der Waals surface area contributed by atoms with Crippen LogP contribution in [0.4, 0.5) is 0 Å². The van der Waals surface area contributed by atoms with Crippen molar-refractivity contribution < 1.29 is 4.79 Å². The topological polar surface area (TPSA) is 29.1 Å². The summed E-state index contributed by atoms with van der Waals surface area (Å²) in [6, 6.07) is 8.39. The number of hydrogen-bond acceptors (Lipinski definition) is 1. The molecule has 2 nitrogen and oxygen atoms in total. The van der Waals surface area contributed by atoms with Crippen LogP contribution in [0.5, 0.6) is 0 Å². The number of amides is 1. The molecule has 110 valence electrons. The predicted octanol–water partition coefficient (Wildman–Crippen LogP) is 4.18. The second-order valence-electron chi connectivity index (χ2n) is 5.99. The van der Waals surface area contributed by atoms with Crippen molar-refractivity contribution in [1.82, 2.24) is 5.32 Å². The summed E-state index contributed by atoms with van der Waals surface area (Å²) in [5.41, 5.74) is 2.47. The Balaban J connectivity index is 2.14. The van der Waals surface area contributed by atoms with Crippen LogP contribution in [0, 0.1) is 0 Å². The summed E-state index contributed by atoms with van der Waals surface area (Å²) in [4.78, 5) is 12.7. The molecule has 2 atom stereocenters. The molecule has 3 heteroatoms. The Morgan fingerprint density at radius 2 is 2.20 bits per heavy atom. The fraction of sp³-hybridized carbons (Fsp3) is 0.588. The normalized spacial score (nSPS) is 20.9. The summed E-state index contributed by atoms with van der Waals surface area (Å²) >= 11 is 3.49. The van der Waals surface area contributed by atoms with Crippen LogP contribution in [0.25, 0.3) is 0 Å². The van der Waals surface area contributed by atoms with Gasteiger partial charge in [0.2, 0.25) is 5.91 Å². The number of aryl methyl sites for hydroxylation is 1. The number of carbonyl (C=O) groups is 1. The Labute approximate surface area is 130 Å². The van der Waals surface area contributed by atoms with Crippen LogP contribution in [0.2, 0.25) is 0 Å². The molecular formula is C17H24BrNO. The van der Waals surface area contributed by atoms with E-state index in [0.717, 1.165) is 37.4 Å². The van der Waals surface area contributed by atoms with E-state index in [0.29, 0.717) is 0 Å². The average molecular weight is 338 g/mol. The van der Waals surface area contributed by atoms with E-state index in [4.69, 9.17) is 0 Å². The minimum absolute atomic E-state index is 0.0288. The van der Waals surface area contributed by atoms with Crippen LogP contribution in [-0.4, -0.2) is 16.8 Å². The Kier molecular flexibility index (Phi) is 5.25. The smallest absolute Gasteiger partial charge is 0.227 e. The molecule has 0 bridgehead atoms. The summed E-state index contributed by atoms with van der Waals surface area (Å²) in [6.07, 6.45) is 5.10. The molecule has 0 aromatic heterocycles.